The molecule has 1 fully saturated rings. The highest BCUT2D eigenvalue weighted by Gasteiger charge is 2.45. The van der Waals surface area contributed by atoms with Gasteiger partial charge in [-0.2, -0.15) is 0 Å². The maximum absolute atomic E-state index is 12.6. The zero-order chi connectivity index (χ0) is 18.3. The van der Waals surface area contributed by atoms with Crippen LogP contribution in [-0.4, -0.2) is 54.5 Å². The second kappa shape index (κ2) is 5.98. The summed E-state index contributed by atoms with van der Waals surface area (Å²) in [4.78, 5) is 37.8. The summed E-state index contributed by atoms with van der Waals surface area (Å²) >= 11 is 0. The van der Waals surface area contributed by atoms with Gasteiger partial charge in [0.1, 0.15) is 11.2 Å². The molecule has 2 N–H and O–H groups in total. The SMILES string of the molecule is Cc1[nH]cnc1C(=O)N1CCC(C(=O)O)(n2cnc3ccccc32)CC1. The molecule has 0 aliphatic carbocycles. The topological polar surface area (TPSA) is 104 Å². The second-order valence-corrected chi connectivity index (χ2v) is 6.61. The molecule has 0 radical (unpaired) electrons. The normalized spacial score (nSPS) is 16.7. The maximum atomic E-state index is 12.6. The lowest BCUT2D eigenvalue weighted by molar-refractivity contribution is -0.149. The minimum Gasteiger partial charge on any atom is -0.479 e. The third kappa shape index (κ3) is 2.37. The molecular formula is C18H19N5O3. The number of aliphatic carboxylic acids is 1. The Kier molecular flexibility index (Phi) is 3.75. The lowest BCUT2D eigenvalue weighted by Crippen LogP contribution is -2.52. The molecule has 0 atom stereocenters. The van der Waals surface area contributed by atoms with Gasteiger partial charge in [-0.15, -0.1) is 0 Å². The predicted octanol–water partition coefficient (Wildman–Crippen LogP) is 1.78. The number of hydrogen-bond acceptors (Lipinski definition) is 4. The number of H-pyrrole nitrogens is 1. The number of carboxylic acids is 1. The van der Waals surface area contributed by atoms with E-state index in [1.54, 1.807) is 22.7 Å². The molecule has 8 nitrogen and oxygen atoms in total. The van der Waals surface area contributed by atoms with Crippen LogP contribution in [0.15, 0.2) is 36.9 Å². The molecule has 3 aromatic rings. The van der Waals surface area contributed by atoms with Gasteiger partial charge >= 0.3 is 5.97 Å². The summed E-state index contributed by atoms with van der Waals surface area (Å²) in [6, 6.07) is 7.48. The van der Waals surface area contributed by atoms with E-state index in [0.29, 0.717) is 37.3 Å². The van der Waals surface area contributed by atoms with Crippen molar-refractivity contribution in [1.29, 1.82) is 0 Å². The maximum Gasteiger partial charge on any atom is 0.330 e. The van der Waals surface area contributed by atoms with Crippen molar-refractivity contribution in [1.82, 2.24) is 24.4 Å². The highest BCUT2D eigenvalue weighted by Crippen LogP contribution is 2.34. The van der Waals surface area contributed by atoms with Crippen LogP contribution in [0.5, 0.6) is 0 Å². The van der Waals surface area contributed by atoms with Gasteiger partial charge in [0.25, 0.3) is 5.91 Å². The largest absolute Gasteiger partial charge is 0.479 e. The van der Waals surface area contributed by atoms with E-state index in [2.05, 4.69) is 15.0 Å². The van der Waals surface area contributed by atoms with Crippen molar-refractivity contribution in [3.05, 3.63) is 48.3 Å². The van der Waals surface area contributed by atoms with E-state index in [1.165, 1.54) is 6.33 Å². The van der Waals surface area contributed by atoms with Crippen LogP contribution in [0, 0.1) is 6.92 Å². The van der Waals surface area contributed by atoms with E-state index in [9.17, 15) is 14.7 Å². The van der Waals surface area contributed by atoms with Crippen LogP contribution in [0.4, 0.5) is 0 Å². The number of fused-ring (bicyclic) bond motifs is 1. The Labute approximate surface area is 149 Å². The minimum atomic E-state index is -1.10. The first-order valence-corrected chi connectivity index (χ1v) is 8.48. The molecule has 1 saturated heterocycles. The van der Waals surface area contributed by atoms with Gasteiger partial charge in [-0.05, 0) is 31.9 Å². The first kappa shape index (κ1) is 16.3. The number of nitrogens with zero attached hydrogens (tertiary/aromatic N) is 4. The lowest BCUT2D eigenvalue weighted by atomic mass is 9.86. The van der Waals surface area contributed by atoms with Crippen LogP contribution in [0.1, 0.15) is 29.0 Å². The Morgan fingerprint density at radius 1 is 1.19 bits per heavy atom. The molecule has 0 bridgehead atoms. The van der Waals surface area contributed by atoms with Crippen molar-refractivity contribution in [2.75, 3.05) is 13.1 Å². The van der Waals surface area contributed by atoms with Gasteiger partial charge in [-0.25, -0.2) is 14.8 Å². The predicted molar refractivity (Wildman–Crippen MR) is 93.8 cm³/mol. The van der Waals surface area contributed by atoms with Gasteiger partial charge in [0, 0.05) is 18.8 Å². The number of amides is 1. The molecule has 0 spiro atoms. The number of piperidine rings is 1. The van der Waals surface area contributed by atoms with E-state index in [4.69, 9.17) is 0 Å². The number of aryl methyl sites for hydroxylation is 1. The van der Waals surface area contributed by atoms with Crippen LogP contribution < -0.4 is 0 Å². The van der Waals surface area contributed by atoms with Crippen molar-refractivity contribution in [2.24, 2.45) is 0 Å². The van der Waals surface area contributed by atoms with E-state index in [1.807, 2.05) is 24.3 Å². The second-order valence-electron chi connectivity index (χ2n) is 6.61. The minimum absolute atomic E-state index is 0.168. The molecule has 1 aromatic carbocycles. The summed E-state index contributed by atoms with van der Waals surface area (Å²) < 4.78 is 1.74. The van der Waals surface area contributed by atoms with Crippen molar-refractivity contribution in [3.63, 3.8) is 0 Å². The number of carbonyl (C=O) groups excluding carboxylic acids is 1. The standard InChI is InChI=1S/C18H19N5O3/c1-12-15(20-10-19-12)16(24)22-8-6-18(7-9-22,17(25)26)23-11-21-13-4-2-3-5-14(13)23/h2-5,10-11H,6-9H2,1H3,(H,19,20)(H,25,26). The number of likely N-dealkylation sites (tertiary alicyclic amines) is 1. The molecule has 1 aliphatic heterocycles. The fourth-order valence-corrected chi connectivity index (χ4v) is 3.66. The van der Waals surface area contributed by atoms with Gasteiger partial charge < -0.3 is 19.6 Å². The van der Waals surface area contributed by atoms with Crippen LogP contribution in [0.2, 0.25) is 0 Å². The summed E-state index contributed by atoms with van der Waals surface area (Å²) in [6.45, 7) is 2.50. The highest BCUT2D eigenvalue weighted by atomic mass is 16.4. The van der Waals surface area contributed by atoms with Gasteiger partial charge in [0.15, 0.2) is 0 Å². The quantitative estimate of drug-likeness (QED) is 0.747. The van der Waals surface area contributed by atoms with Crippen molar-refractivity contribution in [2.45, 2.75) is 25.3 Å². The Balaban J connectivity index is 1.63. The Morgan fingerprint density at radius 3 is 2.58 bits per heavy atom. The number of carbonyl (C=O) groups is 2. The molecule has 0 saturated carbocycles. The van der Waals surface area contributed by atoms with E-state index in [0.717, 1.165) is 11.0 Å². The molecule has 8 heteroatoms. The van der Waals surface area contributed by atoms with Crippen LogP contribution in [-0.2, 0) is 10.3 Å². The lowest BCUT2D eigenvalue weighted by Gasteiger charge is -2.39. The van der Waals surface area contributed by atoms with Crippen molar-refractivity contribution >= 4 is 22.9 Å². The monoisotopic (exact) mass is 353 g/mol. The van der Waals surface area contributed by atoms with Crippen molar-refractivity contribution in [3.8, 4) is 0 Å². The molecule has 3 heterocycles. The van der Waals surface area contributed by atoms with Gasteiger partial charge in [-0.3, -0.25) is 4.79 Å². The molecule has 0 unspecified atom stereocenters. The molecule has 1 aliphatic rings. The summed E-state index contributed by atoms with van der Waals surface area (Å²) in [5, 5.41) is 10.0. The van der Waals surface area contributed by atoms with Crippen LogP contribution >= 0.6 is 0 Å². The van der Waals surface area contributed by atoms with Gasteiger partial charge in [0.05, 0.1) is 23.7 Å². The molecule has 134 valence electrons. The Morgan fingerprint density at radius 2 is 1.92 bits per heavy atom. The number of aromatic nitrogens is 4. The number of carboxylic acid groups (broad SMARTS) is 1. The first-order valence-electron chi connectivity index (χ1n) is 8.48. The third-order valence-electron chi connectivity index (χ3n) is 5.22. The highest BCUT2D eigenvalue weighted by molar-refractivity contribution is 5.93. The number of imidazole rings is 2. The number of para-hydroxylation sites is 2. The summed E-state index contributed by atoms with van der Waals surface area (Å²) in [5.74, 6) is -1.07. The van der Waals surface area contributed by atoms with Gasteiger partial charge in [-0.1, -0.05) is 12.1 Å². The Bertz CT molecular complexity index is 982. The fraction of sp³-hybridized carbons (Fsp3) is 0.333. The summed E-state index contributed by atoms with van der Waals surface area (Å²) in [5.41, 5.74) is 1.55. The molecule has 2 aromatic heterocycles. The molecule has 4 rings (SSSR count). The molecule has 1 amide bonds. The number of rotatable bonds is 3. The first-order chi connectivity index (χ1) is 12.5. The van der Waals surface area contributed by atoms with E-state index in [-0.39, 0.29) is 5.91 Å². The molecular weight excluding hydrogens is 334 g/mol. The summed E-state index contributed by atoms with van der Waals surface area (Å²) in [6.07, 6.45) is 3.72. The Hall–Kier alpha value is -3.16. The number of aromatic amines is 1. The number of hydrogen-bond donors (Lipinski definition) is 2. The summed E-state index contributed by atoms with van der Waals surface area (Å²) in [7, 11) is 0. The number of nitrogens with one attached hydrogen (secondary N) is 1. The molecule has 26 heavy (non-hydrogen) atoms. The smallest absolute Gasteiger partial charge is 0.330 e. The van der Waals surface area contributed by atoms with Crippen LogP contribution in [0.25, 0.3) is 11.0 Å². The third-order valence-corrected chi connectivity index (χ3v) is 5.22. The number of benzene rings is 1. The average Bonchev–Trinajstić information content (AvgIpc) is 3.27. The van der Waals surface area contributed by atoms with E-state index >= 15 is 0 Å². The van der Waals surface area contributed by atoms with Crippen molar-refractivity contribution < 1.29 is 14.7 Å². The van der Waals surface area contributed by atoms with Gasteiger partial charge in [0.2, 0.25) is 0 Å². The van der Waals surface area contributed by atoms with Crippen LogP contribution in [0.3, 0.4) is 0 Å². The zero-order valence-electron chi connectivity index (χ0n) is 14.3. The van der Waals surface area contributed by atoms with E-state index < -0.39 is 11.5 Å². The zero-order valence-corrected chi connectivity index (χ0v) is 14.3. The fourth-order valence-electron chi connectivity index (χ4n) is 3.66. The average molecular weight is 353 g/mol.